The minimum atomic E-state index is -0.881. The summed E-state index contributed by atoms with van der Waals surface area (Å²) in [6.45, 7) is 11.6. The van der Waals surface area contributed by atoms with Crippen LogP contribution in [0.5, 0.6) is 0 Å². The van der Waals surface area contributed by atoms with E-state index in [9.17, 15) is 24.0 Å². The molecule has 0 radical (unpaired) electrons. The van der Waals surface area contributed by atoms with Crippen LogP contribution in [0.4, 0.5) is 4.79 Å². The lowest BCUT2D eigenvalue weighted by atomic mass is 9.86. The molecule has 2 aliphatic rings. The first kappa shape index (κ1) is 27.6. The monoisotopic (exact) mass is 479 g/mol. The molecular weight excluding hydrogens is 438 g/mol. The van der Waals surface area contributed by atoms with Crippen LogP contribution in [0.1, 0.15) is 73.6 Å². The number of nitrogens with one attached hydrogen (secondary N) is 5. The van der Waals surface area contributed by atoms with E-state index in [-0.39, 0.29) is 18.2 Å². The molecule has 0 bridgehead atoms. The summed E-state index contributed by atoms with van der Waals surface area (Å²) >= 11 is 0. The van der Waals surface area contributed by atoms with Crippen molar-refractivity contribution in [3.8, 4) is 0 Å². The normalized spacial score (nSPS) is 21.0. The van der Waals surface area contributed by atoms with Gasteiger partial charge in [-0.3, -0.25) is 14.4 Å². The molecule has 0 spiro atoms. The van der Waals surface area contributed by atoms with Gasteiger partial charge in [0.1, 0.15) is 18.4 Å². The molecule has 5 amide bonds. The quantitative estimate of drug-likeness (QED) is 0.297. The molecule has 0 aromatic carbocycles. The second kappa shape index (κ2) is 11.2. The molecule has 1 saturated heterocycles. The van der Waals surface area contributed by atoms with Gasteiger partial charge in [0.25, 0.3) is 0 Å². The van der Waals surface area contributed by atoms with Crippen molar-refractivity contribution in [3.05, 3.63) is 0 Å². The molecule has 0 aromatic rings. The first-order chi connectivity index (χ1) is 15.7. The third-order valence-corrected chi connectivity index (χ3v) is 5.98. The van der Waals surface area contributed by atoms with Gasteiger partial charge in [-0.05, 0) is 51.4 Å². The number of hydrogen-bond donors (Lipinski definition) is 5. The minimum Gasteiger partial charge on any atom is -0.356 e. The van der Waals surface area contributed by atoms with E-state index in [1.807, 2.05) is 41.5 Å². The Hall–Kier alpha value is -2.65. The number of hydrogen-bond acceptors (Lipinski definition) is 5. The maximum absolute atomic E-state index is 13.2. The lowest BCUT2D eigenvalue weighted by Gasteiger charge is -2.33. The number of carbonyl (C=O) groups excluding carboxylic acids is 5. The lowest BCUT2D eigenvalue weighted by Crippen LogP contribution is -2.61. The van der Waals surface area contributed by atoms with Crippen molar-refractivity contribution < 1.29 is 24.0 Å². The Kier molecular flexibility index (Phi) is 9.08. The molecular formula is C24H41N5O5. The first-order valence-corrected chi connectivity index (χ1v) is 12.1. The van der Waals surface area contributed by atoms with Crippen molar-refractivity contribution in [2.24, 2.45) is 17.3 Å². The van der Waals surface area contributed by atoms with Gasteiger partial charge in [0.2, 0.25) is 17.7 Å². The van der Waals surface area contributed by atoms with Crippen molar-refractivity contribution in [3.63, 3.8) is 0 Å². The zero-order valence-electron chi connectivity index (χ0n) is 21.2. The van der Waals surface area contributed by atoms with Crippen molar-refractivity contribution in [1.82, 2.24) is 26.6 Å². The highest BCUT2D eigenvalue weighted by atomic mass is 16.2. The maximum Gasteiger partial charge on any atom is 0.315 e. The molecule has 5 N–H and O–H groups in total. The summed E-state index contributed by atoms with van der Waals surface area (Å²) in [5, 5.41) is 13.8. The van der Waals surface area contributed by atoms with Gasteiger partial charge in [-0.15, -0.1) is 0 Å². The molecule has 4 atom stereocenters. The average molecular weight is 480 g/mol. The van der Waals surface area contributed by atoms with E-state index >= 15 is 0 Å². The Balaban J connectivity index is 2.07. The number of urea groups is 1. The second-order valence-corrected chi connectivity index (χ2v) is 11.7. The van der Waals surface area contributed by atoms with E-state index in [0.717, 1.165) is 12.8 Å². The van der Waals surface area contributed by atoms with Crippen LogP contribution in [-0.2, 0) is 19.2 Å². The van der Waals surface area contributed by atoms with Crippen LogP contribution in [0, 0.1) is 17.3 Å². The fourth-order valence-corrected chi connectivity index (χ4v) is 3.96. The molecule has 192 valence electrons. The van der Waals surface area contributed by atoms with Crippen LogP contribution in [-0.4, -0.2) is 60.2 Å². The summed E-state index contributed by atoms with van der Waals surface area (Å²) in [5.74, 6) is -1.02. The van der Waals surface area contributed by atoms with Crippen LogP contribution in [0.15, 0.2) is 0 Å². The molecule has 1 heterocycles. The molecule has 2 rings (SSSR count). The number of carbonyl (C=O) groups is 5. The Bertz CT molecular complexity index is 782. The highest BCUT2D eigenvalue weighted by Gasteiger charge is 2.38. The summed E-state index contributed by atoms with van der Waals surface area (Å²) in [6.07, 6.45) is 3.90. The van der Waals surface area contributed by atoms with E-state index in [1.165, 1.54) is 0 Å². The zero-order valence-corrected chi connectivity index (χ0v) is 21.2. The smallest absolute Gasteiger partial charge is 0.315 e. The fraction of sp³-hybridized carbons (Fsp3) is 0.792. The summed E-state index contributed by atoms with van der Waals surface area (Å²) in [6, 6.07) is -3.00. The Morgan fingerprint density at radius 2 is 1.62 bits per heavy atom. The maximum atomic E-state index is 13.2. The topological polar surface area (TPSA) is 146 Å². The van der Waals surface area contributed by atoms with E-state index < -0.39 is 46.9 Å². The van der Waals surface area contributed by atoms with Crippen LogP contribution >= 0.6 is 0 Å². The Morgan fingerprint density at radius 3 is 2.09 bits per heavy atom. The summed E-state index contributed by atoms with van der Waals surface area (Å²) in [4.78, 5) is 62.2. The largest absolute Gasteiger partial charge is 0.356 e. The van der Waals surface area contributed by atoms with Gasteiger partial charge in [-0.25, -0.2) is 4.79 Å². The molecule has 1 aliphatic heterocycles. The van der Waals surface area contributed by atoms with Gasteiger partial charge in [0.05, 0.1) is 6.04 Å². The van der Waals surface area contributed by atoms with Crippen LogP contribution in [0.25, 0.3) is 0 Å². The van der Waals surface area contributed by atoms with Gasteiger partial charge in [0, 0.05) is 18.0 Å². The Morgan fingerprint density at radius 1 is 0.971 bits per heavy atom. The first-order valence-electron chi connectivity index (χ1n) is 12.1. The molecule has 1 aliphatic carbocycles. The van der Waals surface area contributed by atoms with Gasteiger partial charge in [-0.1, -0.05) is 33.6 Å². The number of rotatable bonds is 10. The molecule has 0 unspecified atom stereocenters. The third kappa shape index (κ3) is 8.95. The van der Waals surface area contributed by atoms with Gasteiger partial charge in [-0.2, -0.15) is 0 Å². The summed E-state index contributed by atoms with van der Waals surface area (Å²) < 4.78 is 0. The van der Waals surface area contributed by atoms with E-state index in [0.29, 0.717) is 31.6 Å². The van der Waals surface area contributed by atoms with E-state index in [2.05, 4.69) is 26.6 Å². The summed E-state index contributed by atoms with van der Waals surface area (Å²) in [5.41, 5.74) is -1.08. The number of aldehydes is 1. The van der Waals surface area contributed by atoms with E-state index in [4.69, 9.17) is 0 Å². The number of amides is 5. The van der Waals surface area contributed by atoms with Crippen LogP contribution in [0.3, 0.4) is 0 Å². The van der Waals surface area contributed by atoms with Crippen LogP contribution < -0.4 is 26.6 Å². The highest BCUT2D eigenvalue weighted by Crippen LogP contribution is 2.33. The van der Waals surface area contributed by atoms with Crippen molar-refractivity contribution in [2.75, 3.05) is 6.54 Å². The molecule has 10 nitrogen and oxygen atoms in total. The van der Waals surface area contributed by atoms with E-state index in [1.54, 1.807) is 0 Å². The molecule has 10 heteroatoms. The van der Waals surface area contributed by atoms with Crippen molar-refractivity contribution >= 4 is 30.0 Å². The average Bonchev–Trinajstić information content (AvgIpc) is 3.43. The Labute approximate surface area is 202 Å². The second-order valence-electron chi connectivity index (χ2n) is 11.7. The highest BCUT2D eigenvalue weighted by molar-refractivity contribution is 5.93. The minimum absolute atomic E-state index is 0.114. The van der Waals surface area contributed by atoms with Gasteiger partial charge < -0.3 is 31.4 Å². The zero-order chi connectivity index (χ0) is 25.7. The van der Waals surface area contributed by atoms with Crippen molar-refractivity contribution in [1.29, 1.82) is 0 Å². The molecule has 2 fully saturated rings. The molecule has 0 aromatic heterocycles. The van der Waals surface area contributed by atoms with Crippen molar-refractivity contribution in [2.45, 2.75) is 97.3 Å². The van der Waals surface area contributed by atoms with Gasteiger partial charge >= 0.3 is 6.03 Å². The molecule has 1 saturated carbocycles. The van der Waals surface area contributed by atoms with Crippen LogP contribution in [0.2, 0.25) is 0 Å². The summed E-state index contributed by atoms with van der Waals surface area (Å²) in [7, 11) is 0. The SMILES string of the molecule is CC(C)(C)NC(=O)N[C@H](C(=O)N[C@@H](CC1CC1)C(=O)N[C@H](C=O)C[C@@H]1CCNC1=O)C(C)(C)C. The molecule has 34 heavy (non-hydrogen) atoms. The predicted molar refractivity (Wildman–Crippen MR) is 128 cm³/mol. The lowest BCUT2D eigenvalue weighted by molar-refractivity contribution is -0.132. The third-order valence-electron chi connectivity index (χ3n) is 5.98. The predicted octanol–water partition coefficient (Wildman–Crippen LogP) is 0.994. The fourth-order valence-electron chi connectivity index (χ4n) is 3.96. The standard InChI is InChI=1S/C24H41N5O5/c1-23(2,3)18(28-22(34)29-24(4,5)6)21(33)27-17(11-14-7-8-14)20(32)26-16(13-30)12-15-9-10-25-19(15)31/h13-18H,7-12H2,1-6H3,(H,25,31)(H,26,32)(H,27,33)(H2,28,29,34)/t15-,16-,17-,18+/m0/s1. The van der Waals surface area contributed by atoms with Gasteiger partial charge in [0.15, 0.2) is 0 Å².